The molecule has 0 spiro atoms. The second-order valence-corrected chi connectivity index (χ2v) is 0. The maximum atomic E-state index is 8.25. The third kappa shape index (κ3) is 8.86. The molecule has 0 aliphatic carbocycles. The monoisotopic (exact) mass is 244 g/mol. The van der Waals surface area contributed by atoms with Crippen LogP contribution in [-0.2, 0) is 49.9 Å². The van der Waals surface area contributed by atoms with E-state index in [9.17, 15) is 0 Å². The predicted molar refractivity (Wildman–Crippen MR) is 8.66 cm³/mol. The molecule has 0 N–H and O–H groups in total. The number of hydrogen-bond acceptors (Lipinski definition) is 1. The van der Waals surface area contributed by atoms with Crippen molar-refractivity contribution in [3.63, 3.8) is 0 Å². The molecule has 0 heterocycles. The molecule has 0 aromatic heterocycles. The van der Waals surface area contributed by atoms with Gasteiger partial charge in [0.1, 0.15) is 0 Å². The minimum atomic E-state index is 0. The van der Waals surface area contributed by atoms with Crippen LogP contribution in [0.5, 0.6) is 0 Å². The average Bonchev–Trinajstić information content (AvgIpc) is 1.00. The van der Waals surface area contributed by atoms with Crippen LogP contribution in [0.3, 0.4) is 0 Å². The van der Waals surface area contributed by atoms with E-state index < -0.39 is 0 Å². The first-order valence-electron chi connectivity index (χ1n) is 0.204. The summed E-state index contributed by atoms with van der Waals surface area (Å²) in [5.74, 6) is 0. The Bertz CT molecular complexity index is 13.5. The molecular weight excluding hydrogens is 243 g/mol. The van der Waals surface area contributed by atoms with Gasteiger partial charge in [0.15, 0.2) is 0 Å². The molecule has 0 aliphatic rings. The summed E-state index contributed by atoms with van der Waals surface area (Å²) in [6.45, 7) is 0. The summed E-state index contributed by atoms with van der Waals surface area (Å²) in [4.78, 5) is 0. The van der Waals surface area contributed by atoms with Crippen LogP contribution in [0.1, 0.15) is 2.85 Å². The van der Waals surface area contributed by atoms with Gasteiger partial charge in [0.25, 0.3) is 0 Å². The van der Waals surface area contributed by atoms with E-state index in [0.717, 1.165) is 20.4 Å². The Morgan fingerprint density at radius 3 is 1.50 bits per heavy atom. The molecule has 4 heteroatoms. The van der Waals surface area contributed by atoms with E-state index in [0.29, 0.717) is 0 Å². The van der Waals surface area contributed by atoms with Crippen molar-refractivity contribution < 1.29 is 52.8 Å². The van der Waals surface area contributed by atoms with Gasteiger partial charge in [0, 0.05) is 26.2 Å². The molecule has 0 atom stereocenters. The Morgan fingerprint density at radius 2 is 1.50 bits per heavy atom. The molecule has 0 radical (unpaired) electrons. The summed E-state index contributed by atoms with van der Waals surface area (Å²) < 4.78 is 8.25. The normalized spacial score (nSPS) is 0.750. The standard InChI is InChI=1S/O.Sr.Ti.Zr.2H/q;+2;;;2*-1. The van der Waals surface area contributed by atoms with Crippen molar-refractivity contribution in [2.75, 3.05) is 0 Å². The van der Waals surface area contributed by atoms with Crippen LogP contribution in [0.15, 0.2) is 0 Å². The van der Waals surface area contributed by atoms with Crippen molar-refractivity contribution in [2.45, 2.75) is 0 Å². The zero-order valence-electron chi connectivity index (χ0n) is 4.12. The Balaban J connectivity index is -0.000000000833. The van der Waals surface area contributed by atoms with Gasteiger partial charge in [0.2, 0.25) is 0 Å². The van der Waals surface area contributed by atoms with Crippen molar-refractivity contribution in [3.05, 3.63) is 0 Å². The molecule has 0 amide bonds. The van der Waals surface area contributed by atoms with E-state index in [2.05, 4.69) is 0 Å². The van der Waals surface area contributed by atoms with Crippen molar-refractivity contribution in [1.82, 2.24) is 0 Å². The summed E-state index contributed by atoms with van der Waals surface area (Å²) in [5.41, 5.74) is 0. The van der Waals surface area contributed by atoms with Crippen LogP contribution in [0.4, 0.5) is 0 Å². The third-order valence-electron chi connectivity index (χ3n) is 0. The van der Waals surface area contributed by atoms with Gasteiger partial charge in [-0.25, -0.2) is 0 Å². The molecule has 0 rings (SSSR count). The van der Waals surface area contributed by atoms with Gasteiger partial charge in [-0.1, -0.05) is 0 Å². The van der Waals surface area contributed by atoms with E-state index >= 15 is 0 Å². The fourth-order valence-corrected chi connectivity index (χ4v) is 0. The van der Waals surface area contributed by atoms with Crippen LogP contribution in [-0.4, -0.2) is 45.5 Å². The van der Waals surface area contributed by atoms with Gasteiger partial charge in [-0.3, -0.25) is 0 Å². The minimum Gasteiger partial charge on any atom is 0 e. The molecule has 0 aliphatic heterocycles. The number of rotatable bonds is 0. The van der Waals surface area contributed by atoms with Gasteiger partial charge in [-0.15, -0.1) is 0 Å². The van der Waals surface area contributed by atoms with Gasteiger partial charge in [0.05, 0.1) is 0 Å². The number of hydrogen-bond donors (Lipinski definition) is 0. The zero-order valence-corrected chi connectivity index (χ0v) is 9.61. The van der Waals surface area contributed by atoms with Gasteiger partial charge in [-0.2, -0.15) is 0 Å². The van der Waals surface area contributed by atoms with Crippen molar-refractivity contribution in [3.8, 4) is 0 Å². The predicted octanol–water partition coefficient (Wildman–Crippen LogP) is -0.280. The molecule has 0 unspecified atom stereocenters. The second kappa shape index (κ2) is 16.9. The summed E-state index contributed by atoms with van der Waals surface area (Å²) in [6, 6.07) is 0. The Kier molecular flexibility index (Phi) is 66.7. The van der Waals surface area contributed by atoms with E-state index in [1.165, 1.54) is 0 Å². The molecule has 4 heavy (non-hydrogen) atoms. The summed E-state index contributed by atoms with van der Waals surface area (Å²) in [6.07, 6.45) is 0. The smallest absolute Gasteiger partial charge is 0 e. The summed E-state index contributed by atoms with van der Waals surface area (Å²) in [7, 11) is 0. The fourth-order valence-electron chi connectivity index (χ4n) is 0. The maximum Gasteiger partial charge on any atom is 2.00 e. The van der Waals surface area contributed by atoms with Crippen molar-refractivity contribution in [2.24, 2.45) is 0 Å². The third-order valence-corrected chi connectivity index (χ3v) is 0. The Morgan fingerprint density at radius 1 is 1.50 bits per heavy atom. The zero-order chi connectivity index (χ0) is 2.00. The van der Waals surface area contributed by atoms with E-state index in [4.69, 9.17) is 3.32 Å². The summed E-state index contributed by atoms with van der Waals surface area (Å²) in [5, 5.41) is 0. The maximum absolute atomic E-state index is 8.25. The van der Waals surface area contributed by atoms with E-state index in [1.807, 2.05) is 0 Å². The fraction of sp³-hybridized carbons (Fsp3) is 0. The topological polar surface area (TPSA) is 17.1 Å². The molecule has 0 fully saturated rings. The molecule has 0 aromatic carbocycles. The molecule has 18 valence electrons. The van der Waals surface area contributed by atoms with Crippen LogP contribution >= 0.6 is 0 Å². The second-order valence-electron chi connectivity index (χ2n) is 0. The first-order valence-corrected chi connectivity index (χ1v) is 0.842. The van der Waals surface area contributed by atoms with Gasteiger partial charge < -0.3 is 2.85 Å². The summed E-state index contributed by atoms with van der Waals surface area (Å²) >= 11 is 0.750. The van der Waals surface area contributed by atoms with Crippen LogP contribution < -0.4 is 0 Å². The molecule has 0 aromatic rings. The SMILES string of the molecule is [H-].[H-].[O]=[Ti].[Sr+2].[Zr]. The van der Waals surface area contributed by atoms with Crippen molar-refractivity contribution in [1.29, 1.82) is 0 Å². The van der Waals surface area contributed by atoms with Gasteiger partial charge in [-0.05, 0) is 0 Å². The Labute approximate surface area is 96.0 Å². The quantitative estimate of drug-likeness (QED) is 0.536. The van der Waals surface area contributed by atoms with E-state index in [-0.39, 0.29) is 74.5 Å². The molecule has 1 nitrogen and oxygen atoms in total. The van der Waals surface area contributed by atoms with Crippen LogP contribution in [0, 0.1) is 0 Å². The largest absolute Gasteiger partial charge is 2.00 e. The molecule has 0 saturated carbocycles. The average molecular weight is 245 g/mol. The van der Waals surface area contributed by atoms with Crippen LogP contribution in [0.25, 0.3) is 0 Å². The molecule has 0 bridgehead atoms. The first-order chi connectivity index (χ1) is 1.00. The van der Waals surface area contributed by atoms with Gasteiger partial charge >= 0.3 is 69.2 Å². The minimum absolute atomic E-state index is 0. The van der Waals surface area contributed by atoms with Crippen LogP contribution in [0.2, 0.25) is 0 Å². The first kappa shape index (κ1) is 15.8. The van der Waals surface area contributed by atoms with Crippen molar-refractivity contribution >= 4 is 45.5 Å². The Hall–Kier alpha value is 2.88. The molecular formula is H2OSrTiZr. The molecule has 0 saturated heterocycles. The van der Waals surface area contributed by atoms with E-state index in [1.54, 1.807) is 0 Å².